The molecule has 0 amide bonds. The highest BCUT2D eigenvalue weighted by Crippen LogP contribution is 2.19. The fraction of sp³-hybridized carbons (Fsp3) is 0.111. The molecule has 0 fully saturated rings. The maximum absolute atomic E-state index is 5.80. The molecule has 0 saturated carbocycles. The average molecular weight is 308 g/mol. The van der Waals surface area contributed by atoms with E-state index in [2.05, 4.69) is 43.7 Å². The maximum atomic E-state index is 5.80. The van der Waals surface area contributed by atoms with Gasteiger partial charge in [0.1, 0.15) is 0 Å². The van der Waals surface area contributed by atoms with Crippen LogP contribution >= 0.6 is 43.5 Å². The van der Waals surface area contributed by atoms with E-state index < -0.39 is 0 Å². The van der Waals surface area contributed by atoms with E-state index in [0.29, 0.717) is 10.4 Å². The predicted molar refractivity (Wildman–Crippen MR) is 59.8 cm³/mol. The molecule has 0 saturated heterocycles. The monoisotopic (exact) mass is 306 g/mol. The summed E-state index contributed by atoms with van der Waals surface area (Å²) >= 11 is 12.4. The Kier molecular flexibility index (Phi) is 4.14. The molecule has 1 aromatic rings. The number of hydrogen-bond acceptors (Lipinski definition) is 0. The zero-order chi connectivity index (χ0) is 8.97. The summed E-state index contributed by atoms with van der Waals surface area (Å²) in [6.45, 7) is 0. The molecule has 0 aliphatic rings. The quantitative estimate of drug-likeness (QED) is 0.504. The minimum Gasteiger partial charge on any atom is -0.0863 e. The Hall–Kier alpha value is 0.0300. The second-order valence-electron chi connectivity index (χ2n) is 2.06. The highest BCUT2D eigenvalue weighted by atomic mass is 79.9. The first-order valence-corrected chi connectivity index (χ1v) is 5.53. The van der Waals surface area contributed by atoms with Crippen molar-refractivity contribution in [2.24, 2.45) is 0 Å². The fourth-order valence-corrected chi connectivity index (χ4v) is 1.38. The molecular weight excluding hydrogens is 303 g/mol. The van der Waals surface area contributed by atoms with Crippen LogP contribution in [-0.4, -0.2) is 5.33 Å². The van der Waals surface area contributed by atoms with E-state index in [9.17, 15) is 0 Å². The fourth-order valence-electron chi connectivity index (χ4n) is 0.722. The van der Waals surface area contributed by atoms with Crippen molar-refractivity contribution in [2.75, 3.05) is 5.33 Å². The molecule has 0 atom stereocenters. The van der Waals surface area contributed by atoms with Crippen LogP contribution in [0.25, 0.3) is 0 Å². The van der Waals surface area contributed by atoms with E-state index in [4.69, 9.17) is 11.6 Å². The van der Waals surface area contributed by atoms with Crippen molar-refractivity contribution in [2.45, 2.75) is 0 Å². The van der Waals surface area contributed by atoms with Gasteiger partial charge >= 0.3 is 0 Å². The highest BCUT2D eigenvalue weighted by molar-refractivity contribution is 9.10. The zero-order valence-corrected chi connectivity index (χ0v) is 10.0. The molecule has 0 unspecified atom stereocenters. The Morgan fingerprint density at radius 3 is 2.83 bits per heavy atom. The molecule has 0 heterocycles. The first kappa shape index (κ1) is 10.1. The van der Waals surface area contributed by atoms with E-state index in [1.54, 1.807) is 0 Å². The van der Waals surface area contributed by atoms with E-state index in [1.165, 1.54) is 0 Å². The summed E-state index contributed by atoms with van der Waals surface area (Å²) in [5, 5.41) is 1.38. The standard InChI is InChI=1S/C9H5Br2Cl/c10-5-1-2-7-6-8(12)3-4-9(7)11/h3-4,6H,5H2. The largest absolute Gasteiger partial charge is 0.0863 e. The lowest BCUT2D eigenvalue weighted by Crippen LogP contribution is -1.77. The molecule has 0 spiro atoms. The van der Waals surface area contributed by atoms with Gasteiger partial charge in [-0.15, -0.1) is 0 Å². The summed E-state index contributed by atoms with van der Waals surface area (Å²) in [6, 6.07) is 5.55. The number of benzene rings is 1. The number of hydrogen-bond donors (Lipinski definition) is 0. The third-order valence-electron chi connectivity index (χ3n) is 1.22. The number of alkyl halides is 1. The van der Waals surface area contributed by atoms with Crippen molar-refractivity contribution in [1.29, 1.82) is 0 Å². The third kappa shape index (κ3) is 2.82. The lowest BCUT2D eigenvalue weighted by atomic mass is 10.2. The van der Waals surface area contributed by atoms with Crippen LogP contribution in [0.2, 0.25) is 5.02 Å². The summed E-state index contributed by atoms with van der Waals surface area (Å²) in [6.07, 6.45) is 0. The van der Waals surface area contributed by atoms with Gasteiger partial charge in [0, 0.05) is 15.1 Å². The predicted octanol–water partition coefficient (Wildman–Crippen LogP) is 3.85. The summed E-state index contributed by atoms with van der Waals surface area (Å²) in [5.41, 5.74) is 0.918. The molecule has 0 aliphatic heterocycles. The summed E-state index contributed by atoms with van der Waals surface area (Å²) < 4.78 is 0.973. The molecule has 62 valence electrons. The van der Waals surface area contributed by atoms with Crippen molar-refractivity contribution in [1.82, 2.24) is 0 Å². The van der Waals surface area contributed by atoms with E-state index in [1.807, 2.05) is 18.2 Å². The van der Waals surface area contributed by atoms with Crippen LogP contribution < -0.4 is 0 Å². The smallest absolute Gasteiger partial charge is 0.0649 e. The van der Waals surface area contributed by atoms with Crippen LogP contribution in [-0.2, 0) is 0 Å². The van der Waals surface area contributed by atoms with Crippen molar-refractivity contribution in [3.8, 4) is 11.8 Å². The van der Waals surface area contributed by atoms with Crippen LogP contribution in [0.3, 0.4) is 0 Å². The topological polar surface area (TPSA) is 0 Å². The third-order valence-corrected chi connectivity index (χ3v) is 2.43. The van der Waals surface area contributed by atoms with Crippen molar-refractivity contribution < 1.29 is 0 Å². The second kappa shape index (κ2) is 4.91. The molecule has 1 rings (SSSR count). The Labute approximate surface area is 93.6 Å². The van der Waals surface area contributed by atoms with Crippen molar-refractivity contribution >= 4 is 43.5 Å². The SMILES string of the molecule is Clc1ccc(Br)c(C#CCBr)c1. The van der Waals surface area contributed by atoms with Crippen LogP contribution in [0, 0.1) is 11.8 Å². The molecule has 0 radical (unpaired) electrons. The van der Waals surface area contributed by atoms with Crippen LogP contribution in [0.4, 0.5) is 0 Å². The van der Waals surface area contributed by atoms with Gasteiger partial charge in [-0.05, 0) is 34.1 Å². The maximum Gasteiger partial charge on any atom is 0.0649 e. The van der Waals surface area contributed by atoms with Gasteiger partial charge in [-0.25, -0.2) is 0 Å². The van der Waals surface area contributed by atoms with Gasteiger partial charge in [0.15, 0.2) is 0 Å². The first-order chi connectivity index (χ1) is 5.74. The summed E-state index contributed by atoms with van der Waals surface area (Å²) in [5.74, 6) is 5.89. The molecular formula is C9H5Br2Cl. The molecule has 0 N–H and O–H groups in total. The average Bonchev–Trinajstić information content (AvgIpc) is 2.07. The summed E-state index contributed by atoms with van der Waals surface area (Å²) in [4.78, 5) is 0. The summed E-state index contributed by atoms with van der Waals surface area (Å²) in [7, 11) is 0. The van der Waals surface area contributed by atoms with Gasteiger partial charge in [-0.2, -0.15) is 0 Å². The first-order valence-electron chi connectivity index (χ1n) is 3.24. The van der Waals surface area contributed by atoms with Gasteiger partial charge in [0.05, 0.1) is 5.33 Å². The number of rotatable bonds is 0. The molecule has 0 aromatic heterocycles. The van der Waals surface area contributed by atoms with Crippen LogP contribution in [0.5, 0.6) is 0 Å². The molecule has 3 heteroatoms. The van der Waals surface area contributed by atoms with Gasteiger partial charge in [0.25, 0.3) is 0 Å². The minimum atomic E-state index is 0.673. The van der Waals surface area contributed by atoms with Gasteiger partial charge < -0.3 is 0 Å². The van der Waals surface area contributed by atoms with E-state index >= 15 is 0 Å². The van der Waals surface area contributed by atoms with Crippen molar-refractivity contribution in [3.63, 3.8) is 0 Å². The normalized spacial score (nSPS) is 8.92. The molecule has 0 nitrogen and oxygen atoms in total. The molecule has 0 aliphatic carbocycles. The lowest BCUT2D eigenvalue weighted by molar-refractivity contribution is 1.59. The Bertz CT molecular complexity index is 336. The van der Waals surface area contributed by atoms with E-state index in [0.717, 1.165) is 10.0 Å². The van der Waals surface area contributed by atoms with Crippen molar-refractivity contribution in [3.05, 3.63) is 33.3 Å². The number of halogens is 3. The van der Waals surface area contributed by atoms with Crippen LogP contribution in [0.15, 0.2) is 22.7 Å². The molecule has 12 heavy (non-hydrogen) atoms. The Morgan fingerprint density at radius 2 is 2.17 bits per heavy atom. The van der Waals surface area contributed by atoms with Gasteiger partial charge in [-0.1, -0.05) is 39.4 Å². The molecule has 0 bridgehead atoms. The molecule has 1 aromatic carbocycles. The lowest BCUT2D eigenvalue weighted by Gasteiger charge is -1.95. The minimum absolute atomic E-state index is 0.673. The van der Waals surface area contributed by atoms with Crippen LogP contribution in [0.1, 0.15) is 5.56 Å². The Balaban J connectivity index is 3.05. The zero-order valence-electron chi connectivity index (χ0n) is 6.07. The van der Waals surface area contributed by atoms with E-state index in [-0.39, 0.29) is 0 Å². The second-order valence-corrected chi connectivity index (χ2v) is 3.91. The highest BCUT2D eigenvalue weighted by Gasteiger charge is 1.95. The van der Waals surface area contributed by atoms with Gasteiger partial charge in [0.2, 0.25) is 0 Å². The van der Waals surface area contributed by atoms with Gasteiger partial charge in [-0.3, -0.25) is 0 Å². The Morgan fingerprint density at radius 1 is 1.42 bits per heavy atom.